The van der Waals surface area contributed by atoms with Crippen LogP contribution in [0.3, 0.4) is 0 Å². The van der Waals surface area contributed by atoms with Gasteiger partial charge in [-0.1, -0.05) is 13.8 Å². The van der Waals surface area contributed by atoms with Gasteiger partial charge in [0.2, 0.25) is 11.8 Å². The summed E-state index contributed by atoms with van der Waals surface area (Å²) in [6.45, 7) is 11.1. The number of ether oxygens (including phenoxy) is 1. The van der Waals surface area contributed by atoms with Gasteiger partial charge >= 0.3 is 0 Å². The van der Waals surface area contributed by atoms with Crippen molar-refractivity contribution in [3.8, 4) is 0 Å². The Morgan fingerprint density at radius 2 is 2.00 bits per heavy atom. The molecule has 1 rings (SSSR count). The molecule has 1 saturated heterocycles. The lowest BCUT2D eigenvalue weighted by Crippen LogP contribution is -2.68. The molecule has 5 heteroatoms. The molecule has 19 heavy (non-hydrogen) atoms. The van der Waals surface area contributed by atoms with E-state index in [2.05, 4.69) is 5.32 Å². The fourth-order valence-corrected chi connectivity index (χ4v) is 2.30. The maximum atomic E-state index is 12.5. The van der Waals surface area contributed by atoms with E-state index in [9.17, 15) is 9.59 Å². The fourth-order valence-electron chi connectivity index (χ4n) is 2.30. The fraction of sp³-hybridized carbons (Fsp3) is 0.857. The van der Waals surface area contributed by atoms with E-state index in [-0.39, 0.29) is 11.8 Å². The Balaban J connectivity index is 2.81. The number of carbonyl (C=O) groups excluding carboxylic acids is 2. The van der Waals surface area contributed by atoms with Crippen molar-refractivity contribution in [3.63, 3.8) is 0 Å². The van der Waals surface area contributed by atoms with E-state index in [4.69, 9.17) is 4.74 Å². The molecule has 2 amide bonds. The van der Waals surface area contributed by atoms with E-state index < -0.39 is 11.6 Å². The van der Waals surface area contributed by atoms with Gasteiger partial charge in [0.05, 0.1) is 6.61 Å². The van der Waals surface area contributed by atoms with E-state index in [1.807, 2.05) is 20.8 Å². The van der Waals surface area contributed by atoms with Crippen molar-refractivity contribution >= 4 is 11.8 Å². The van der Waals surface area contributed by atoms with Crippen LogP contribution in [0.25, 0.3) is 0 Å². The smallest absolute Gasteiger partial charge is 0.246 e. The largest absolute Gasteiger partial charge is 0.380 e. The van der Waals surface area contributed by atoms with Crippen LogP contribution in [-0.2, 0) is 14.3 Å². The Labute approximate surface area is 115 Å². The van der Waals surface area contributed by atoms with Crippen molar-refractivity contribution in [1.29, 1.82) is 0 Å². The molecule has 1 aliphatic heterocycles. The molecule has 1 N–H and O–H groups in total. The minimum atomic E-state index is -0.804. The van der Waals surface area contributed by atoms with Crippen molar-refractivity contribution in [2.45, 2.75) is 52.6 Å². The van der Waals surface area contributed by atoms with Crippen LogP contribution in [0.2, 0.25) is 0 Å². The number of rotatable bonds is 6. The minimum Gasteiger partial charge on any atom is -0.380 e. The molecule has 0 aromatic heterocycles. The van der Waals surface area contributed by atoms with Crippen LogP contribution in [0.1, 0.15) is 41.0 Å². The van der Waals surface area contributed by atoms with Crippen molar-refractivity contribution in [2.75, 3.05) is 19.8 Å². The predicted molar refractivity (Wildman–Crippen MR) is 73.7 cm³/mol. The second kappa shape index (κ2) is 6.37. The molecule has 0 saturated carbocycles. The van der Waals surface area contributed by atoms with Crippen molar-refractivity contribution in [2.24, 2.45) is 5.92 Å². The molecule has 0 spiro atoms. The van der Waals surface area contributed by atoms with Gasteiger partial charge in [-0.2, -0.15) is 0 Å². The number of carbonyl (C=O) groups is 2. The third-order valence-electron chi connectivity index (χ3n) is 3.47. The molecule has 1 atom stereocenters. The zero-order valence-electron chi connectivity index (χ0n) is 12.7. The van der Waals surface area contributed by atoms with E-state index in [0.717, 1.165) is 0 Å². The quantitative estimate of drug-likeness (QED) is 0.737. The van der Waals surface area contributed by atoms with Gasteiger partial charge < -0.3 is 15.0 Å². The Morgan fingerprint density at radius 1 is 1.37 bits per heavy atom. The summed E-state index contributed by atoms with van der Waals surface area (Å²) < 4.78 is 5.30. The second-order valence-electron chi connectivity index (χ2n) is 5.90. The average Bonchev–Trinajstić information content (AvgIpc) is 2.30. The van der Waals surface area contributed by atoms with Crippen LogP contribution < -0.4 is 5.32 Å². The summed E-state index contributed by atoms with van der Waals surface area (Å²) in [7, 11) is 0. The van der Waals surface area contributed by atoms with Gasteiger partial charge in [-0.05, 0) is 33.1 Å². The minimum absolute atomic E-state index is 0.00185. The average molecular weight is 270 g/mol. The third kappa shape index (κ3) is 3.69. The molecule has 5 nitrogen and oxygen atoms in total. The second-order valence-corrected chi connectivity index (χ2v) is 5.90. The summed E-state index contributed by atoms with van der Waals surface area (Å²) in [5.74, 6) is 0.274. The van der Waals surface area contributed by atoms with Gasteiger partial charge in [-0.15, -0.1) is 0 Å². The van der Waals surface area contributed by atoms with Gasteiger partial charge in [0.15, 0.2) is 0 Å². The third-order valence-corrected chi connectivity index (χ3v) is 3.47. The van der Waals surface area contributed by atoms with Gasteiger partial charge in [-0.3, -0.25) is 9.59 Å². The molecule has 0 aromatic carbocycles. The van der Waals surface area contributed by atoms with Crippen molar-refractivity contribution in [3.05, 3.63) is 0 Å². The highest BCUT2D eigenvalue weighted by atomic mass is 16.5. The standard InChI is InChI=1S/C14H26N2O3/c1-6-19-8-7-16-12(17)11(9-10(2)3)15-13(18)14(16,4)5/h10-11H,6-9H2,1-5H3,(H,15,18). The zero-order valence-corrected chi connectivity index (χ0v) is 12.7. The molecule has 1 fully saturated rings. The Kier molecular flexibility index (Phi) is 5.35. The number of nitrogens with zero attached hydrogens (tertiary/aromatic N) is 1. The highest BCUT2D eigenvalue weighted by Gasteiger charge is 2.45. The van der Waals surface area contributed by atoms with Gasteiger partial charge in [0.25, 0.3) is 0 Å². The van der Waals surface area contributed by atoms with Gasteiger partial charge in [-0.25, -0.2) is 0 Å². The molecule has 1 aliphatic rings. The number of amides is 2. The highest BCUT2D eigenvalue weighted by Crippen LogP contribution is 2.23. The number of hydrogen-bond acceptors (Lipinski definition) is 3. The Bertz CT molecular complexity index is 340. The first-order chi connectivity index (χ1) is 8.80. The summed E-state index contributed by atoms with van der Waals surface area (Å²) in [5.41, 5.74) is -0.804. The van der Waals surface area contributed by atoms with Crippen LogP contribution in [0.4, 0.5) is 0 Å². The summed E-state index contributed by atoms with van der Waals surface area (Å²) in [5, 5.41) is 2.84. The maximum absolute atomic E-state index is 12.5. The molecule has 0 bridgehead atoms. The first kappa shape index (κ1) is 16.0. The SMILES string of the molecule is CCOCCN1C(=O)C(CC(C)C)NC(=O)C1(C)C. The van der Waals surface area contributed by atoms with Crippen LogP contribution in [0.5, 0.6) is 0 Å². The monoisotopic (exact) mass is 270 g/mol. The number of nitrogens with one attached hydrogen (secondary N) is 1. The van der Waals surface area contributed by atoms with Crippen LogP contribution in [-0.4, -0.2) is 48.1 Å². The Hall–Kier alpha value is -1.10. The number of hydrogen-bond donors (Lipinski definition) is 1. The van der Waals surface area contributed by atoms with E-state index in [1.54, 1.807) is 18.7 Å². The highest BCUT2D eigenvalue weighted by molar-refractivity contribution is 5.99. The first-order valence-corrected chi connectivity index (χ1v) is 7.00. The summed E-state index contributed by atoms with van der Waals surface area (Å²) in [6.07, 6.45) is 0.672. The first-order valence-electron chi connectivity index (χ1n) is 7.00. The Morgan fingerprint density at radius 3 is 2.53 bits per heavy atom. The lowest BCUT2D eigenvalue weighted by atomic mass is 9.92. The topological polar surface area (TPSA) is 58.6 Å². The lowest BCUT2D eigenvalue weighted by molar-refractivity contribution is -0.156. The summed E-state index contributed by atoms with van der Waals surface area (Å²) in [6, 6.07) is -0.401. The van der Waals surface area contributed by atoms with Crippen molar-refractivity contribution < 1.29 is 14.3 Å². The summed E-state index contributed by atoms with van der Waals surface area (Å²) in [4.78, 5) is 26.3. The van der Waals surface area contributed by atoms with Crippen LogP contribution in [0.15, 0.2) is 0 Å². The lowest BCUT2D eigenvalue weighted by Gasteiger charge is -2.44. The molecule has 1 unspecified atom stereocenters. The number of piperazine rings is 1. The molecular weight excluding hydrogens is 244 g/mol. The zero-order chi connectivity index (χ0) is 14.6. The summed E-state index contributed by atoms with van der Waals surface area (Å²) >= 11 is 0. The normalized spacial score (nSPS) is 22.8. The van der Waals surface area contributed by atoms with Crippen LogP contribution >= 0.6 is 0 Å². The molecular formula is C14H26N2O3. The molecule has 0 radical (unpaired) electrons. The van der Waals surface area contributed by atoms with Gasteiger partial charge in [0.1, 0.15) is 11.6 Å². The maximum Gasteiger partial charge on any atom is 0.246 e. The van der Waals surface area contributed by atoms with Crippen LogP contribution in [0, 0.1) is 5.92 Å². The van der Waals surface area contributed by atoms with E-state index >= 15 is 0 Å². The van der Waals surface area contributed by atoms with E-state index in [1.165, 1.54) is 0 Å². The van der Waals surface area contributed by atoms with Crippen molar-refractivity contribution in [1.82, 2.24) is 10.2 Å². The van der Waals surface area contributed by atoms with Gasteiger partial charge in [0, 0.05) is 13.2 Å². The molecule has 1 heterocycles. The van der Waals surface area contributed by atoms with E-state index in [0.29, 0.717) is 32.1 Å². The molecule has 110 valence electrons. The molecule has 0 aromatic rings. The molecule has 0 aliphatic carbocycles. The predicted octanol–water partition coefficient (Wildman–Crippen LogP) is 1.17.